The van der Waals surface area contributed by atoms with Crippen LogP contribution in [-0.4, -0.2) is 54.4 Å². The van der Waals surface area contributed by atoms with Crippen molar-refractivity contribution in [1.82, 2.24) is 29.6 Å². The predicted octanol–water partition coefficient (Wildman–Crippen LogP) is 1.72. The maximum Gasteiger partial charge on any atom is 0.325 e. The molecule has 1 amide bonds. The average Bonchev–Trinajstić information content (AvgIpc) is 3.14. The number of halogens is 1. The van der Waals surface area contributed by atoms with E-state index in [1.165, 1.54) is 30.0 Å². The molecule has 0 radical (unpaired) electrons. The summed E-state index contributed by atoms with van der Waals surface area (Å²) in [4.78, 5) is 42.5. The fourth-order valence-electron chi connectivity index (χ4n) is 3.62. The summed E-state index contributed by atoms with van der Waals surface area (Å²) >= 11 is 1.25. The molecule has 11 heteroatoms. The lowest BCUT2D eigenvalue weighted by Gasteiger charge is -2.30. The molecule has 3 aromatic rings. The van der Waals surface area contributed by atoms with Crippen molar-refractivity contribution in [3.63, 3.8) is 0 Å². The first-order valence-corrected chi connectivity index (χ1v) is 11.3. The van der Waals surface area contributed by atoms with Crippen LogP contribution in [0.25, 0.3) is 5.69 Å². The summed E-state index contributed by atoms with van der Waals surface area (Å²) in [6, 6.07) is 7.09. The highest BCUT2D eigenvalue weighted by Crippen LogP contribution is 2.24. The monoisotopic (exact) mass is 458 g/mol. The minimum atomic E-state index is -0.614. The van der Waals surface area contributed by atoms with Gasteiger partial charge in [-0.3, -0.25) is 19.1 Å². The second kappa shape index (κ2) is 9.51. The largest absolute Gasteiger partial charge is 0.342 e. The van der Waals surface area contributed by atoms with Gasteiger partial charge in [0.15, 0.2) is 5.16 Å². The van der Waals surface area contributed by atoms with E-state index in [9.17, 15) is 18.8 Å². The summed E-state index contributed by atoms with van der Waals surface area (Å²) in [5.74, 6) is 0.935. The zero-order valence-corrected chi connectivity index (χ0v) is 18.3. The molecule has 9 nitrogen and oxygen atoms in total. The molecule has 3 heterocycles. The predicted molar refractivity (Wildman–Crippen MR) is 118 cm³/mol. The highest BCUT2D eigenvalue weighted by Gasteiger charge is 2.22. The Labute approximate surface area is 187 Å². The molecule has 0 aliphatic carbocycles. The number of nitrogens with zero attached hydrogens (tertiary/aromatic N) is 4. The molecule has 0 bridgehead atoms. The number of hydrogen-bond donors (Lipinski definition) is 2. The number of amides is 1. The number of likely N-dealkylation sites (tertiary alicyclic amines) is 1. The summed E-state index contributed by atoms with van der Waals surface area (Å²) in [5, 5.41) is 8.90. The number of H-pyrrole nitrogens is 2. The smallest absolute Gasteiger partial charge is 0.325 e. The van der Waals surface area contributed by atoms with Crippen LogP contribution in [0.15, 0.2) is 45.1 Å². The molecular weight excluding hydrogens is 435 g/mol. The number of nitrogens with one attached hydrogen (secondary N) is 2. The quantitative estimate of drug-likeness (QED) is 0.544. The topological polar surface area (TPSA) is 117 Å². The second-order valence-electron chi connectivity index (χ2n) is 7.85. The fraction of sp³-hybridized carbons (Fsp3) is 0.381. The Kier molecular flexibility index (Phi) is 6.54. The molecule has 168 valence electrons. The number of carbonyl (C=O) groups is 1. The zero-order chi connectivity index (χ0) is 22.7. The van der Waals surface area contributed by atoms with Crippen molar-refractivity contribution in [3.05, 3.63) is 68.5 Å². The standard InChI is InChI=1S/C21H23FN6O3S/c1-13-6-8-27(9-7-13)19(30)12-32-21-26-25-17(10-15-11-18(29)24-20(31)23-15)28(21)16-4-2-14(22)3-5-16/h2-5,11,13H,6-10,12H2,1H3,(H2,23,24,29,31). The summed E-state index contributed by atoms with van der Waals surface area (Å²) in [6.07, 6.45) is 2.13. The molecule has 0 spiro atoms. The zero-order valence-electron chi connectivity index (χ0n) is 17.5. The van der Waals surface area contributed by atoms with E-state index in [-0.39, 0.29) is 23.9 Å². The molecule has 1 aliphatic heterocycles. The first-order chi connectivity index (χ1) is 15.4. The van der Waals surface area contributed by atoms with Crippen LogP contribution in [0.5, 0.6) is 0 Å². The van der Waals surface area contributed by atoms with Gasteiger partial charge in [0.05, 0.1) is 5.75 Å². The lowest BCUT2D eigenvalue weighted by Crippen LogP contribution is -2.38. The van der Waals surface area contributed by atoms with Gasteiger partial charge in [0.25, 0.3) is 5.56 Å². The fourth-order valence-corrected chi connectivity index (χ4v) is 4.49. The first-order valence-electron chi connectivity index (χ1n) is 10.3. The second-order valence-corrected chi connectivity index (χ2v) is 8.79. The summed E-state index contributed by atoms with van der Waals surface area (Å²) < 4.78 is 15.2. The number of thioether (sulfide) groups is 1. The molecule has 0 unspecified atom stereocenters. The molecule has 1 aromatic carbocycles. The molecule has 0 saturated carbocycles. The van der Waals surface area contributed by atoms with Gasteiger partial charge < -0.3 is 9.88 Å². The van der Waals surface area contributed by atoms with Crippen molar-refractivity contribution in [1.29, 1.82) is 0 Å². The molecule has 2 N–H and O–H groups in total. The van der Waals surface area contributed by atoms with Crippen LogP contribution in [-0.2, 0) is 11.2 Å². The molecular formula is C21H23FN6O3S. The van der Waals surface area contributed by atoms with Gasteiger partial charge in [-0.05, 0) is 43.0 Å². The van der Waals surface area contributed by atoms with Crippen LogP contribution in [0.3, 0.4) is 0 Å². The molecule has 32 heavy (non-hydrogen) atoms. The number of aromatic nitrogens is 5. The lowest BCUT2D eigenvalue weighted by molar-refractivity contribution is -0.129. The van der Waals surface area contributed by atoms with Crippen molar-refractivity contribution in [3.8, 4) is 5.69 Å². The molecule has 4 rings (SSSR count). The number of carbonyl (C=O) groups excluding carboxylic acids is 1. The summed E-state index contributed by atoms with van der Waals surface area (Å²) in [5.41, 5.74) is -0.158. The minimum Gasteiger partial charge on any atom is -0.342 e. The normalized spacial score (nSPS) is 14.6. The number of hydrogen-bond acceptors (Lipinski definition) is 6. The Balaban J connectivity index is 1.59. The minimum absolute atomic E-state index is 0.0380. The molecule has 1 saturated heterocycles. The van der Waals surface area contributed by atoms with Gasteiger partial charge >= 0.3 is 5.69 Å². The van der Waals surface area contributed by atoms with E-state index in [0.717, 1.165) is 25.9 Å². The van der Waals surface area contributed by atoms with Crippen LogP contribution in [0.2, 0.25) is 0 Å². The van der Waals surface area contributed by atoms with Gasteiger partial charge in [0.2, 0.25) is 5.91 Å². The highest BCUT2D eigenvalue weighted by atomic mass is 32.2. The molecule has 0 atom stereocenters. The van der Waals surface area contributed by atoms with Crippen LogP contribution in [0.1, 0.15) is 31.3 Å². The Morgan fingerprint density at radius 3 is 2.56 bits per heavy atom. The Bertz CT molecular complexity index is 1180. The van der Waals surface area contributed by atoms with Crippen molar-refractivity contribution < 1.29 is 9.18 Å². The van der Waals surface area contributed by atoms with E-state index in [2.05, 4.69) is 27.1 Å². The summed E-state index contributed by atoms with van der Waals surface area (Å²) in [6.45, 7) is 3.70. The van der Waals surface area contributed by atoms with E-state index >= 15 is 0 Å². The number of piperidine rings is 1. The van der Waals surface area contributed by atoms with Gasteiger partial charge in [-0.25, -0.2) is 9.18 Å². The number of aromatic amines is 2. The molecule has 1 fully saturated rings. The molecule has 2 aromatic heterocycles. The van der Waals surface area contributed by atoms with Crippen molar-refractivity contribution >= 4 is 17.7 Å². The van der Waals surface area contributed by atoms with Crippen LogP contribution >= 0.6 is 11.8 Å². The third-order valence-corrected chi connectivity index (χ3v) is 6.32. The third kappa shape index (κ3) is 5.16. The molecule has 1 aliphatic rings. The lowest BCUT2D eigenvalue weighted by atomic mass is 9.99. The van der Waals surface area contributed by atoms with Crippen LogP contribution in [0.4, 0.5) is 4.39 Å². The number of benzene rings is 1. The maximum atomic E-state index is 13.5. The van der Waals surface area contributed by atoms with Crippen LogP contribution in [0, 0.1) is 11.7 Å². The Hall–Kier alpha value is -3.21. The van der Waals surface area contributed by atoms with Crippen molar-refractivity contribution in [2.45, 2.75) is 31.3 Å². The van der Waals surface area contributed by atoms with E-state index in [0.29, 0.717) is 28.3 Å². The van der Waals surface area contributed by atoms with Gasteiger partial charge in [-0.1, -0.05) is 18.7 Å². The van der Waals surface area contributed by atoms with E-state index in [1.54, 1.807) is 16.7 Å². The number of rotatable bonds is 6. The van der Waals surface area contributed by atoms with E-state index in [4.69, 9.17) is 0 Å². The maximum absolute atomic E-state index is 13.5. The Morgan fingerprint density at radius 2 is 1.88 bits per heavy atom. The van der Waals surface area contributed by atoms with E-state index < -0.39 is 11.2 Å². The first kappa shape index (κ1) is 22.0. The third-order valence-electron chi connectivity index (χ3n) is 5.41. The Morgan fingerprint density at radius 1 is 1.16 bits per heavy atom. The van der Waals surface area contributed by atoms with Crippen LogP contribution < -0.4 is 11.2 Å². The van der Waals surface area contributed by atoms with Gasteiger partial charge in [0.1, 0.15) is 11.6 Å². The van der Waals surface area contributed by atoms with Crippen molar-refractivity contribution in [2.75, 3.05) is 18.8 Å². The highest BCUT2D eigenvalue weighted by molar-refractivity contribution is 7.99. The van der Waals surface area contributed by atoms with Gasteiger partial charge in [0, 0.05) is 37.0 Å². The van der Waals surface area contributed by atoms with Gasteiger partial charge in [-0.15, -0.1) is 10.2 Å². The summed E-state index contributed by atoms with van der Waals surface area (Å²) in [7, 11) is 0. The SMILES string of the molecule is CC1CCN(C(=O)CSc2nnc(Cc3cc(=O)[nH]c(=O)[nH]3)n2-c2ccc(F)cc2)CC1. The van der Waals surface area contributed by atoms with Crippen molar-refractivity contribution in [2.24, 2.45) is 5.92 Å². The average molecular weight is 459 g/mol. The van der Waals surface area contributed by atoms with Gasteiger partial charge in [-0.2, -0.15) is 0 Å². The van der Waals surface area contributed by atoms with E-state index in [1.807, 2.05) is 4.90 Å².